The molecule has 12 nitrogen and oxygen atoms in total. The molecule has 248 valence electrons. The van der Waals surface area contributed by atoms with E-state index in [1.54, 1.807) is 31.4 Å². The molecule has 1 saturated heterocycles. The summed E-state index contributed by atoms with van der Waals surface area (Å²) >= 11 is 1.86. The van der Waals surface area contributed by atoms with Crippen LogP contribution in [-0.4, -0.2) is 104 Å². The first-order valence-electron chi connectivity index (χ1n) is 14.6. The summed E-state index contributed by atoms with van der Waals surface area (Å²) in [6.45, 7) is 6.18. The number of methoxy groups -OCH3 is 1. The number of amides is 2. The van der Waals surface area contributed by atoms with Crippen LogP contribution < -0.4 is 15.5 Å². The van der Waals surface area contributed by atoms with E-state index in [4.69, 9.17) is 19.5 Å². The van der Waals surface area contributed by atoms with Gasteiger partial charge in [0.2, 0.25) is 22.3 Å². The first kappa shape index (κ1) is 36.6. The summed E-state index contributed by atoms with van der Waals surface area (Å²) in [5.41, 5.74) is 4.22. The number of sulfonamides is 1. The third-order valence-corrected chi connectivity index (χ3v) is 10.5. The third kappa shape index (κ3) is 9.82. The lowest BCUT2D eigenvalue weighted by molar-refractivity contribution is -0.121. The van der Waals surface area contributed by atoms with Crippen LogP contribution in [0.25, 0.3) is 10.9 Å². The maximum atomic E-state index is 13.5. The summed E-state index contributed by atoms with van der Waals surface area (Å²) in [6, 6.07) is 14.5. The highest BCUT2D eigenvalue weighted by Crippen LogP contribution is 2.33. The number of benzene rings is 2. The Morgan fingerprint density at radius 1 is 1.09 bits per heavy atom. The van der Waals surface area contributed by atoms with Crippen LogP contribution in [0.5, 0.6) is 5.75 Å². The van der Waals surface area contributed by atoms with Crippen molar-refractivity contribution in [2.45, 2.75) is 30.8 Å². The number of thioether (sulfide) groups is 1. The Hall–Kier alpha value is -2.85. The van der Waals surface area contributed by atoms with E-state index in [1.165, 1.54) is 9.79 Å². The zero-order valence-corrected chi connectivity index (χ0v) is 27.8. The fraction of sp³-hybridized carbons (Fsp3) is 0.467. The van der Waals surface area contributed by atoms with Gasteiger partial charge in [-0.1, -0.05) is 18.2 Å². The van der Waals surface area contributed by atoms with Gasteiger partial charge in [0.25, 0.3) is 0 Å². The molecular formula is C30H42ClN5O7S2. The average Bonchev–Trinajstić information content (AvgIpc) is 3.37. The van der Waals surface area contributed by atoms with Crippen LogP contribution in [-0.2, 0) is 43.9 Å². The summed E-state index contributed by atoms with van der Waals surface area (Å²) in [4.78, 5) is 24.5. The largest absolute Gasteiger partial charge is 0.497 e. The van der Waals surface area contributed by atoms with E-state index in [0.717, 1.165) is 72.9 Å². The molecule has 0 bridgehead atoms. The lowest BCUT2D eigenvalue weighted by atomic mass is 10.0. The molecule has 1 aromatic heterocycles. The summed E-state index contributed by atoms with van der Waals surface area (Å²) in [5, 5.41) is 11.4. The van der Waals surface area contributed by atoms with Gasteiger partial charge in [0.1, 0.15) is 12.3 Å². The number of aromatic nitrogens is 1. The van der Waals surface area contributed by atoms with Gasteiger partial charge in [-0.15, -0.1) is 12.4 Å². The fourth-order valence-corrected chi connectivity index (χ4v) is 7.62. The van der Waals surface area contributed by atoms with Crippen molar-refractivity contribution < 1.29 is 32.7 Å². The Morgan fingerprint density at radius 2 is 1.80 bits per heavy atom. The Labute approximate surface area is 274 Å². The van der Waals surface area contributed by atoms with Gasteiger partial charge in [0.05, 0.1) is 31.8 Å². The predicted molar refractivity (Wildman–Crippen MR) is 177 cm³/mol. The topological polar surface area (TPSA) is 142 Å². The standard InChI is InChI=1S/C29H38N4O5S2.CH3NO2.ClH/c1-37-23-7-9-24(10-8-23)40(35,36)32-14-11-26-25-5-2-3-6-27(25)33(28(26)21-32)22-29(34)30-12-20-39-19-4-13-31-15-17-38-18-16-31;3-1-2-4;/h2-3,5-10H,4,11-22H2,1H3,(H,30,34);1,4H,(H,2,3);1H. The molecule has 2 aliphatic rings. The van der Waals surface area contributed by atoms with Gasteiger partial charge in [-0.2, -0.15) is 16.1 Å². The molecule has 1 fully saturated rings. The zero-order valence-electron chi connectivity index (χ0n) is 25.4. The summed E-state index contributed by atoms with van der Waals surface area (Å²) in [6.07, 6.45) is 1.91. The maximum Gasteiger partial charge on any atom is 0.243 e. The van der Waals surface area contributed by atoms with E-state index in [1.807, 2.05) is 34.5 Å². The number of para-hydroxylation sites is 1. The number of nitrogens with one attached hydrogen (secondary N) is 2. The summed E-state index contributed by atoms with van der Waals surface area (Å²) < 4.78 is 41.0. The first-order chi connectivity index (χ1) is 21.4. The maximum absolute atomic E-state index is 13.5. The Kier molecular flexibility index (Phi) is 14.9. The smallest absolute Gasteiger partial charge is 0.243 e. The van der Waals surface area contributed by atoms with Crippen LogP contribution in [0.2, 0.25) is 0 Å². The van der Waals surface area contributed by atoms with Crippen LogP contribution in [0.15, 0.2) is 53.4 Å². The van der Waals surface area contributed by atoms with Crippen molar-refractivity contribution >= 4 is 57.4 Å². The van der Waals surface area contributed by atoms with Crippen molar-refractivity contribution in [3.8, 4) is 5.75 Å². The highest BCUT2D eigenvalue weighted by atomic mass is 35.5. The first-order valence-corrected chi connectivity index (χ1v) is 17.2. The molecule has 0 saturated carbocycles. The van der Waals surface area contributed by atoms with Crippen LogP contribution >= 0.6 is 24.2 Å². The minimum absolute atomic E-state index is 0. The van der Waals surface area contributed by atoms with Gasteiger partial charge in [-0.3, -0.25) is 19.7 Å². The van der Waals surface area contributed by atoms with Gasteiger partial charge in [-0.05, 0) is 61.0 Å². The number of hydrogen-bond acceptors (Lipinski definition) is 9. The molecule has 3 heterocycles. The molecular weight excluding hydrogens is 642 g/mol. The quantitative estimate of drug-likeness (QED) is 0.107. The molecule has 3 aromatic rings. The molecule has 3 N–H and O–H groups in total. The molecule has 15 heteroatoms. The van der Waals surface area contributed by atoms with Crippen LogP contribution in [0.3, 0.4) is 0 Å². The number of hydrogen-bond donors (Lipinski definition) is 3. The predicted octanol–water partition coefficient (Wildman–Crippen LogP) is 2.51. The highest BCUT2D eigenvalue weighted by molar-refractivity contribution is 7.99. The number of nitrogens with zero attached hydrogens (tertiary/aromatic N) is 3. The van der Waals surface area contributed by atoms with Gasteiger partial charge >= 0.3 is 0 Å². The van der Waals surface area contributed by atoms with Crippen molar-refractivity contribution in [1.29, 1.82) is 0 Å². The molecule has 0 unspecified atom stereocenters. The number of carbonyl (C=O) groups is 2. The lowest BCUT2D eigenvalue weighted by Crippen LogP contribution is -2.37. The summed E-state index contributed by atoms with van der Waals surface area (Å²) in [7, 11) is -2.14. The number of hydroxylamine groups is 1. The molecule has 5 rings (SSSR count). The zero-order chi connectivity index (χ0) is 31.4. The number of fused-ring (bicyclic) bond motifs is 3. The molecule has 2 aromatic carbocycles. The van der Waals surface area contributed by atoms with Crippen molar-refractivity contribution in [1.82, 2.24) is 24.6 Å². The minimum atomic E-state index is -3.69. The monoisotopic (exact) mass is 683 g/mol. The van der Waals surface area contributed by atoms with E-state index in [-0.39, 0.29) is 42.7 Å². The Morgan fingerprint density at radius 3 is 2.49 bits per heavy atom. The number of halogens is 1. The van der Waals surface area contributed by atoms with Crippen molar-refractivity contribution in [2.24, 2.45) is 0 Å². The molecule has 45 heavy (non-hydrogen) atoms. The molecule has 0 atom stereocenters. The Balaban J connectivity index is 0.00000104. The number of rotatable bonds is 13. The second-order valence-electron chi connectivity index (χ2n) is 10.3. The molecule has 0 aliphatic carbocycles. The van der Waals surface area contributed by atoms with E-state index < -0.39 is 10.0 Å². The van der Waals surface area contributed by atoms with Gasteiger partial charge in [-0.25, -0.2) is 13.9 Å². The van der Waals surface area contributed by atoms with Crippen molar-refractivity contribution in [2.75, 3.05) is 64.6 Å². The van der Waals surface area contributed by atoms with Crippen molar-refractivity contribution in [3.63, 3.8) is 0 Å². The second kappa shape index (κ2) is 18.3. The SMILES string of the molecule is COc1ccc(S(=O)(=O)N2CCc3c(n(CC(=O)NCCSCCCN4CCOCC4)c4ccccc34)C2)cc1.Cl.O=CNO. The van der Waals surface area contributed by atoms with E-state index >= 15 is 0 Å². The molecule has 2 amide bonds. The second-order valence-corrected chi connectivity index (χ2v) is 13.5. The Bertz CT molecular complexity index is 1480. The number of carbonyl (C=O) groups excluding carboxylic acids is 2. The number of ether oxygens (including phenoxy) is 2. The molecule has 0 spiro atoms. The van der Waals surface area contributed by atoms with Gasteiger partial charge in [0, 0.05) is 48.5 Å². The number of morpholine rings is 1. The van der Waals surface area contributed by atoms with Gasteiger partial charge < -0.3 is 19.4 Å². The minimum Gasteiger partial charge on any atom is -0.497 e. The fourth-order valence-electron chi connectivity index (χ4n) is 5.43. The normalized spacial score (nSPS) is 15.2. The van der Waals surface area contributed by atoms with E-state index in [0.29, 0.717) is 25.3 Å². The lowest BCUT2D eigenvalue weighted by Gasteiger charge is -2.28. The van der Waals surface area contributed by atoms with Crippen LogP contribution in [0.4, 0.5) is 0 Å². The highest BCUT2D eigenvalue weighted by Gasteiger charge is 2.32. The third-order valence-electron chi connectivity index (χ3n) is 7.62. The van der Waals surface area contributed by atoms with Crippen molar-refractivity contribution in [3.05, 3.63) is 59.8 Å². The summed E-state index contributed by atoms with van der Waals surface area (Å²) in [5.74, 6) is 2.49. The van der Waals surface area contributed by atoms with Gasteiger partial charge in [0.15, 0.2) is 0 Å². The van der Waals surface area contributed by atoms with E-state index in [9.17, 15) is 13.2 Å². The van der Waals surface area contributed by atoms with Crippen LogP contribution in [0, 0.1) is 0 Å². The van der Waals surface area contributed by atoms with E-state index in [2.05, 4.69) is 16.3 Å². The average molecular weight is 684 g/mol. The molecule has 2 aliphatic heterocycles. The molecule has 0 radical (unpaired) electrons. The van der Waals surface area contributed by atoms with Crippen LogP contribution in [0.1, 0.15) is 17.7 Å².